The van der Waals surface area contributed by atoms with E-state index in [0.29, 0.717) is 6.61 Å². The third kappa shape index (κ3) is 3.09. The SMILES string of the molecule is c1ccc(COCCCn2ccc3ccccc32)cc1. The number of fused-ring (bicyclic) bond motifs is 1. The van der Waals surface area contributed by atoms with Gasteiger partial charge in [0.25, 0.3) is 0 Å². The Morgan fingerprint density at radius 3 is 2.55 bits per heavy atom. The fraction of sp³-hybridized carbons (Fsp3) is 0.222. The number of hydrogen-bond acceptors (Lipinski definition) is 1. The van der Waals surface area contributed by atoms with E-state index in [0.717, 1.165) is 19.6 Å². The Hall–Kier alpha value is -2.06. The normalized spacial score (nSPS) is 11.0. The van der Waals surface area contributed by atoms with E-state index >= 15 is 0 Å². The maximum Gasteiger partial charge on any atom is 0.0716 e. The van der Waals surface area contributed by atoms with Gasteiger partial charge in [-0.25, -0.2) is 0 Å². The number of aromatic nitrogens is 1. The van der Waals surface area contributed by atoms with Crippen LogP contribution in [0.4, 0.5) is 0 Å². The minimum absolute atomic E-state index is 0.702. The van der Waals surface area contributed by atoms with Gasteiger partial charge in [-0.05, 0) is 29.5 Å². The summed E-state index contributed by atoms with van der Waals surface area (Å²) < 4.78 is 8.01. The van der Waals surface area contributed by atoms with Crippen molar-refractivity contribution in [3.8, 4) is 0 Å². The maximum absolute atomic E-state index is 5.72. The molecule has 0 aliphatic heterocycles. The molecule has 0 radical (unpaired) electrons. The Balaban J connectivity index is 1.46. The Morgan fingerprint density at radius 2 is 1.65 bits per heavy atom. The first kappa shape index (κ1) is 12.9. The number of hydrogen-bond donors (Lipinski definition) is 0. The predicted octanol–water partition coefficient (Wildman–Crippen LogP) is 4.25. The molecule has 20 heavy (non-hydrogen) atoms. The molecule has 3 rings (SSSR count). The summed E-state index contributed by atoms with van der Waals surface area (Å²) in [6, 6.07) is 21.0. The first-order valence-corrected chi connectivity index (χ1v) is 7.09. The smallest absolute Gasteiger partial charge is 0.0716 e. The quantitative estimate of drug-likeness (QED) is 0.608. The van der Waals surface area contributed by atoms with Crippen LogP contribution in [-0.2, 0) is 17.9 Å². The molecule has 0 fully saturated rings. The second-order valence-electron chi connectivity index (χ2n) is 4.96. The number of ether oxygens (including phenoxy) is 1. The zero-order valence-electron chi connectivity index (χ0n) is 11.5. The summed E-state index contributed by atoms with van der Waals surface area (Å²) in [6.07, 6.45) is 3.19. The van der Waals surface area contributed by atoms with Crippen LogP contribution in [0.1, 0.15) is 12.0 Å². The Bertz CT molecular complexity index is 657. The molecule has 3 aromatic rings. The van der Waals surface area contributed by atoms with Crippen LogP contribution in [-0.4, -0.2) is 11.2 Å². The van der Waals surface area contributed by atoms with E-state index in [1.165, 1.54) is 16.5 Å². The summed E-state index contributed by atoms with van der Waals surface area (Å²) >= 11 is 0. The maximum atomic E-state index is 5.72. The standard InChI is InChI=1S/C18H19NO/c1-2-7-16(8-3-1)15-20-14-6-12-19-13-11-17-9-4-5-10-18(17)19/h1-5,7-11,13H,6,12,14-15H2. The van der Waals surface area contributed by atoms with Crippen molar-refractivity contribution in [2.75, 3.05) is 6.61 Å². The van der Waals surface area contributed by atoms with Crippen LogP contribution in [0, 0.1) is 0 Å². The lowest BCUT2D eigenvalue weighted by molar-refractivity contribution is 0.116. The lowest BCUT2D eigenvalue weighted by Crippen LogP contribution is -2.01. The van der Waals surface area contributed by atoms with Crippen molar-refractivity contribution in [3.05, 3.63) is 72.4 Å². The van der Waals surface area contributed by atoms with Crippen LogP contribution in [0.15, 0.2) is 66.9 Å². The van der Waals surface area contributed by atoms with E-state index in [1.807, 2.05) is 18.2 Å². The van der Waals surface area contributed by atoms with Crippen LogP contribution in [0.3, 0.4) is 0 Å². The molecular formula is C18H19NO. The summed E-state index contributed by atoms with van der Waals surface area (Å²) in [4.78, 5) is 0. The average molecular weight is 265 g/mol. The van der Waals surface area contributed by atoms with E-state index in [1.54, 1.807) is 0 Å². The number of benzene rings is 2. The molecule has 0 amide bonds. The molecule has 102 valence electrons. The van der Waals surface area contributed by atoms with Crippen molar-refractivity contribution in [1.29, 1.82) is 0 Å². The monoisotopic (exact) mass is 265 g/mol. The van der Waals surface area contributed by atoms with E-state index in [-0.39, 0.29) is 0 Å². The summed E-state index contributed by atoms with van der Waals surface area (Å²) in [6.45, 7) is 2.50. The van der Waals surface area contributed by atoms with E-state index in [9.17, 15) is 0 Å². The minimum atomic E-state index is 0.702. The molecule has 0 saturated carbocycles. The molecule has 0 aliphatic rings. The van der Waals surface area contributed by atoms with Gasteiger partial charge in [0.15, 0.2) is 0 Å². The van der Waals surface area contributed by atoms with Crippen LogP contribution >= 0.6 is 0 Å². The van der Waals surface area contributed by atoms with Crippen molar-refractivity contribution >= 4 is 10.9 Å². The van der Waals surface area contributed by atoms with Gasteiger partial charge in [0, 0.05) is 24.9 Å². The summed E-state index contributed by atoms with van der Waals surface area (Å²) in [5.41, 5.74) is 2.54. The third-order valence-corrected chi connectivity index (χ3v) is 3.48. The largest absolute Gasteiger partial charge is 0.377 e. The molecule has 0 atom stereocenters. The molecule has 1 aromatic heterocycles. The predicted molar refractivity (Wildman–Crippen MR) is 82.7 cm³/mol. The molecule has 0 unspecified atom stereocenters. The van der Waals surface area contributed by atoms with Gasteiger partial charge in [0.05, 0.1) is 6.61 Å². The van der Waals surface area contributed by atoms with Crippen molar-refractivity contribution in [2.45, 2.75) is 19.6 Å². The summed E-state index contributed by atoms with van der Waals surface area (Å²) in [7, 11) is 0. The number of rotatable bonds is 6. The second kappa shape index (κ2) is 6.40. The van der Waals surface area contributed by atoms with Gasteiger partial charge in [-0.3, -0.25) is 0 Å². The van der Waals surface area contributed by atoms with Gasteiger partial charge in [-0.1, -0.05) is 48.5 Å². The molecule has 2 aromatic carbocycles. The van der Waals surface area contributed by atoms with Crippen LogP contribution < -0.4 is 0 Å². The molecule has 0 aliphatic carbocycles. The topological polar surface area (TPSA) is 14.2 Å². The Labute approximate surface area is 119 Å². The third-order valence-electron chi connectivity index (χ3n) is 3.48. The van der Waals surface area contributed by atoms with Crippen molar-refractivity contribution in [1.82, 2.24) is 4.57 Å². The Kier molecular flexibility index (Phi) is 4.14. The van der Waals surface area contributed by atoms with Gasteiger partial charge < -0.3 is 9.30 Å². The fourth-order valence-electron chi connectivity index (χ4n) is 2.44. The van der Waals surface area contributed by atoms with Crippen LogP contribution in [0.5, 0.6) is 0 Å². The number of nitrogens with zero attached hydrogens (tertiary/aromatic N) is 1. The van der Waals surface area contributed by atoms with Gasteiger partial charge >= 0.3 is 0 Å². The molecule has 2 heteroatoms. The lowest BCUT2D eigenvalue weighted by Gasteiger charge is -2.07. The van der Waals surface area contributed by atoms with Crippen LogP contribution in [0.25, 0.3) is 10.9 Å². The Morgan fingerprint density at radius 1 is 0.850 bits per heavy atom. The fourth-order valence-corrected chi connectivity index (χ4v) is 2.44. The first-order valence-electron chi connectivity index (χ1n) is 7.09. The van der Waals surface area contributed by atoms with Gasteiger partial charge in [0.2, 0.25) is 0 Å². The van der Waals surface area contributed by atoms with Gasteiger partial charge in [-0.15, -0.1) is 0 Å². The highest BCUT2D eigenvalue weighted by Crippen LogP contribution is 2.15. The van der Waals surface area contributed by atoms with E-state index < -0.39 is 0 Å². The molecule has 0 N–H and O–H groups in total. The highest BCUT2D eigenvalue weighted by atomic mass is 16.5. The van der Waals surface area contributed by atoms with E-state index in [2.05, 4.69) is 53.2 Å². The molecule has 1 heterocycles. The van der Waals surface area contributed by atoms with Crippen LogP contribution in [0.2, 0.25) is 0 Å². The summed E-state index contributed by atoms with van der Waals surface area (Å²) in [5.74, 6) is 0. The molecule has 0 saturated heterocycles. The van der Waals surface area contributed by atoms with Crippen molar-refractivity contribution in [2.24, 2.45) is 0 Å². The molecule has 0 bridgehead atoms. The van der Waals surface area contributed by atoms with Crippen molar-refractivity contribution < 1.29 is 4.74 Å². The highest BCUT2D eigenvalue weighted by Gasteiger charge is 1.99. The second-order valence-corrected chi connectivity index (χ2v) is 4.96. The molecule has 2 nitrogen and oxygen atoms in total. The number of aryl methyl sites for hydroxylation is 1. The minimum Gasteiger partial charge on any atom is -0.377 e. The average Bonchev–Trinajstić information content (AvgIpc) is 2.91. The molecular weight excluding hydrogens is 246 g/mol. The lowest BCUT2D eigenvalue weighted by atomic mass is 10.2. The zero-order chi connectivity index (χ0) is 13.6. The summed E-state index contributed by atoms with van der Waals surface area (Å²) in [5, 5.41) is 1.30. The van der Waals surface area contributed by atoms with Gasteiger partial charge in [-0.2, -0.15) is 0 Å². The first-order chi connectivity index (χ1) is 9.93. The van der Waals surface area contributed by atoms with Gasteiger partial charge in [0.1, 0.15) is 0 Å². The molecule has 0 spiro atoms. The highest BCUT2D eigenvalue weighted by molar-refractivity contribution is 5.79. The van der Waals surface area contributed by atoms with E-state index in [4.69, 9.17) is 4.74 Å². The van der Waals surface area contributed by atoms with Crippen molar-refractivity contribution in [3.63, 3.8) is 0 Å². The zero-order valence-corrected chi connectivity index (χ0v) is 11.5. The number of para-hydroxylation sites is 1.